The molecule has 0 atom stereocenters. The molecule has 1 aromatic carbocycles. The summed E-state index contributed by atoms with van der Waals surface area (Å²) in [6, 6.07) is 8.30. The molecule has 42 heavy (non-hydrogen) atoms. The Kier molecular flexibility index (Phi) is 7.36. The van der Waals surface area contributed by atoms with E-state index in [0.717, 1.165) is 78.3 Å². The number of H-pyrrole nitrogens is 1. The smallest absolute Gasteiger partial charge is 0.341 e. The second-order valence-corrected chi connectivity index (χ2v) is 11.4. The molecule has 0 spiro atoms. The molecule has 2 aliphatic rings. The number of nitrogens with zero attached hydrogens (tertiary/aromatic N) is 8. The summed E-state index contributed by atoms with van der Waals surface area (Å²) in [4.78, 5) is 39.1. The van der Waals surface area contributed by atoms with Gasteiger partial charge in [-0.1, -0.05) is 12.1 Å². The summed E-state index contributed by atoms with van der Waals surface area (Å²) < 4.78 is 11.8. The molecule has 13 heteroatoms. The van der Waals surface area contributed by atoms with Gasteiger partial charge in [-0.05, 0) is 19.1 Å². The zero-order chi connectivity index (χ0) is 28.5. The van der Waals surface area contributed by atoms with Crippen molar-refractivity contribution >= 4 is 50.2 Å². The van der Waals surface area contributed by atoms with Crippen molar-refractivity contribution in [3.8, 4) is 11.4 Å². The van der Waals surface area contributed by atoms with Gasteiger partial charge in [-0.15, -0.1) is 11.3 Å². The van der Waals surface area contributed by atoms with Gasteiger partial charge in [0.2, 0.25) is 5.95 Å². The first-order valence-corrected chi connectivity index (χ1v) is 15.0. The van der Waals surface area contributed by atoms with Crippen LogP contribution in [0.15, 0.2) is 42.9 Å². The van der Waals surface area contributed by atoms with Crippen LogP contribution in [0.1, 0.15) is 22.2 Å². The molecule has 6 heterocycles. The van der Waals surface area contributed by atoms with Crippen LogP contribution in [0.25, 0.3) is 32.5 Å². The molecule has 4 aromatic heterocycles. The van der Waals surface area contributed by atoms with Crippen LogP contribution in [0.4, 0.5) is 11.8 Å². The van der Waals surface area contributed by atoms with Crippen molar-refractivity contribution < 1.29 is 14.3 Å². The van der Waals surface area contributed by atoms with E-state index < -0.39 is 5.97 Å². The quantitative estimate of drug-likeness (QED) is 0.283. The Morgan fingerprint density at radius 1 is 1.02 bits per heavy atom. The van der Waals surface area contributed by atoms with Crippen molar-refractivity contribution in [3.63, 3.8) is 0 Å². The Morgan fingerprint density at radius 3 is 2.62 bits per heavy atom. The van der Waals surface area contributed by atoms with Gasteiger partial charge in [-0.2, -0.15) is 5.10 Å². The van der Waals surface area contributed by atoms with Crippen LogP contribution in [0.2, 0.25) is 0 Å². The van der Waals surface area contributed by atoms with E-state index in [1.807, 2.05) is 18.3 Å². The Hall–Kier alpha value is -4.20. The van der Waals surface area contributed by atoms with E-state index in [2.05, 4.69) is 47.0 Å². The summed E-state index contributed by atoms with van der Waals surface area (Å²) in [6.45, 7) is 9.31. The van der Waals surface area contributed by atoms with Gasteiger partial charge in [0.05, 0.1) is 47.3 Å². The summed E-state index contributed by atoms with van der Waals surface area (Å²) in [5.74, 6) is 1.92. The molecule has 216 valence electrons. The van der Waals surface area contributed by atoms with Gasteiger partial charge in [-0.25, -0.2) is 24.7 Å². The van der Waals surface area contributed by atoms with Crippen LogP contribution in [0.3, 0.4) is 0 Å². The van der Waals surface area contributed by atoms with Crippen LogP contribution in [0.5, 0.6) is 0 Å². The number of esters is 1. The maximum Gasteiger partial charge on any atom is 0.341 e. The summed E-state index contributed by atoms with van der Waals surface area (Å²) in [7, 11) is 0. The predicted octanol–water partition coefficient (Wildman–Crippen LogP) is 3.36. The molecular formula is C29H31N9O3S. The fourth-order valence-corrected chi connectivity index (χ4v) is 6.60. The Labute approximate surface area is 246 Å². The largest absolute Gasteiger partial charge is 0.462 e. The molecule has 1 N–H and O–H groups in total. The van der Waals surface area contributed by atoms with Gasteiger partial charge >= 0.3 is 5.97 Å². The maximum absolute atomic E-state index is 11.9. The number of benzene rings is 1. The molecule has 0 saturated carbocycles. The monoisotopic (exact) mass is 585 g/mol. The fourth-order valence-electron chi connectivity index (χ4n) is 5.45. The van der Waals surface area contributed by atoms with E-state index in [4.69, 9.17) is 19.4 Å². The van der Waals surface area contributed by atoms with Crippen LogP contribution < -0.4 is 9.80 Å². The van der Waals surface area contributed by atoms with Crippen molar-refractivity contribution in [2.45, 2.75) is 13.5 Å². The number of ether oxygens (including phenoxy) is 2. The second-order valence-electron chi connectivity index (χ2n) is 10.3. The Morgan fingerprint density at radius 2 is 1.83 bits per heavy atom. The molecule has 7 rings (SSSR count). The highest BCUT2D eigenvalue weighted by atomic mass is 32.1. The number of carbonyl (C=O) groups excluding carboxylic acids is 1. The molecule has 2 saturated heterocycles. The average Bonchev–Trinajstić information content (AvgIpc) is 3.68. The molecule has 12 nitrogen and oxygen atoms in total. The second kappa shape index (κ2) is 11.6. The SMILES string of the molecule is CCOC(=O)c1cnc(N2CCN(Cc3cc4nc(-c5cccc6[nH]ncc56)nc(N5CCOCC5)c4s3)CC2)nc1. The lowest BCUT2D eigenvalue weighted by molar-refractivity contribution is 0.0525. The molecule has 0 bridgehead atoms. The highest BCUT2D eigenvalue weighted by Crippen LogP contribution is 2.36. The summed E-state index contributed by atoms with van der Waals surface area (Å²) >= 11 is 1.78. The van der Waals surface area contributed by atoms with E-state index in [0.29, 0.717) is 37.2 Å². The van der Waals surface area contributed by atoms with Gasteiger partial charge in [0.15, 0.2) is 11.6 Å². The zero-order valence-corrected chi connectivity index (χ0v) is 24.1. The van der Waals surface area contributed by atoms with Crippen molar-refractivity contribution in [2.75, 3.05) is 68.9 Å². The topological polar surface area (TPSA) is 125 Å². The van der Waals surface area contributed by atoms with Crippen molar-refractivity contribution in [3.05, 3.63) is 53.3 Å². The highest BCUT2D eigenvalue weighted by Gasteiger charge is 2.24. The first kappa shape index (κ1) is 26.7. The standard InChI is InChI=1S/C29H31N9O3S/c1-2-41-28(39)19-15-30-29(31-16-19)38-8-6-36(7-9-38)18-20-14-24-25(42-20)27(37-10-12-40-13-11-37)34-26(33-24)21-4-3-5-23-22(21)17-32-35-23/h3-5,14-17H,2,6-13,18H2,1H3,(H,32,35). The third-order valence-electron chi connectivity index (χ3n) is 7.62. The molecule has 2 fully saturated rings. The molecule has 0 radical (unpaired) electrons. The number of aromatic amines is 1. The van der Waals surface area contributed by atoms with Gasteiger partial charge < -0.3 is 19.3 Å². The zero-order valence-electron chi connectivity index (χ0n) is 23.3. The third kappa shape index (κ3) is 5.26. The number of fused-ring (bicyclic) bond motifs is 2. The lowest BCUT2D eigenvalue weighted by Gasteiger charge is -2.34. The van der Waals surface area contributed by atoms with E-state index in [9.17, 15) is 4.79 Å². The van der Waals surface area contributed by atoms with E-state index in [1.54, 1.807) is 18.3 Å². The van der Waals surface area contributed by atoms with Gasteiger partial charge in [-0.3, -0.25) is 10.00 Å². The number of anilines is 2. The molecular weight excluding hydrogens is 554 g/mol. The predicted molar refractivity (Wildman–Crippen MR) is 161 cm³/mol. The lowest BCUT2D eigenvalue weighted by atomic mass is 10.1. The molecule has 0 amide bonds. The Balaban J connectivity index is 1.11. The highest BCUT2D eigenvalue weighted by molar-refractivity contribution is 7.19. The number of rotatable bonds is 7. The van der Waals surface area contributed by atoms with Gasteiger partial charge in [0, 0.05) is 74.0 Å². The number of hydrogen-bond acceptors (Lipinski definition) is 12. The number of nitrogens with one attached hydrogen (secondary N) is 1. The minimum atomic E-state index is -0.399. The third-order valence-corrected chi connectivity index (χ3v) is 8.73. The number of hydrogen-bond donors (Lipinski definition) is 1. The van der Waals surface area contributed by atoms with Gasteiger partial charge in [0.1, 0.15) is 0 Å². The molecule has 0 unspecified atom stereocenters. The van der Waals surface area contributed by atoms with Crippen molar-refractivity contribution in [1.82, 2.24) is 35.0 Å². The van der Waals surface area contributed by atoms with E-state index >= 15 is 0 Å². The summed E-state index contributed by atoms with van der Waals surface area (Å²) in [6.07, 6.45) is 4.92. The number of aromatic nitrogens is 6. The van der Waals surface area contributed by atoms with Gasteiger partial charge in [0.25, 0.3) is 0 Å². The van der Waals surface area contributed by atoms with Crippen LogP contribution in [-0.4, -0.2) is 100 Å². The lowest BCUT2D eigenvalue weighted by Crippen LogP contribution is -2.46. The summed E-state index contributed by atoms with van der Waals surface area (Å²) in [5, 5.41) is 8.30. The fraction of sp³-hybridized carbons (Fsp3) is 0.379. The number of piperazine rings is 1. The van der Waals surface area contributed by atoms with E-state index in [1.165, 1.54) is 17.3 Å². The number of thiophene rings is 1. The van der Waals surface area contributed by atoms with Crippen LogP contribution in [0, 0.1) is 0 Å². The normalized spacial score (nSPS) is 16.4. The minimum Gasteiger partial charge on any atom is -0.462 e. The average molecular weight is 586 g/mol. The number of morpholine rings is 1. The molecule has 0 aliphatic carbocycles. The summed E-state index contributed by atoms with van der Waals surface area (Å²) in [5.41, 5.74) is 3.28. The maximum atomic E-state index is 11.9. The van der Waals surface area contributed by atoms with Crippen LogP contribution in [-0.2, 0) is 16.0 Å². The molecule has 5 aromatic rings. The first-order valence-electron chi connectivity index (χ1n) is 14.2. The Bertz CT molecular complexity index is 1710. The number of carbonyl (C=O) groups is 1. The van der Waals surface area contributed by atoms with Crippen LogP contribution >= 0.6 is 11.3 Å². The van der Waals surface area contributed by atoms with Crippen molar-refractivity contribution in [2.24, 2.45) is 0 Å². The van der Waals surface area contributed by atoms with E-state index in [-0.39, 0.29) is 0 Å². The van der Waals surface area contributed by atoms with Crippen molar-refractivity contribution in [1.29, 1.82) is 0 Å². The molecule has 2 aliphatic heterocycles. The minimum absolute atomic E-state index is 0.326. The first-order chi connectivity index (χ1) is 20.7.